The highest BCUT2D eigenvalue weighted by atomic mass is 31.2. The van der Waals surface area contributed by atoms with Gasteiger partial charge >= 0.3 is 11.9 Å². The number of aliphatic hydroxyl groups excluding tert-OH is 1. The largest absolute Gasteiger partial charge is 0.756 e. The second-order valence-corrected chi connectivity index (χ2v) is 16.9. The molecule has 0 spiro atoms. The quantitative estimate of drug-likeness (QED) is 0.0161. The lowest BCUT2D eigenvalue weighted by Crippen LogP contribution is -2.37. The Morgan fingerprint density at radius 2 is 1.22 bits per heavy atom. The maximum atomic E-state index is 12.7. The van der Waals surface area contributed by atoms with Gasteiger partial charge in [0.05, 0.1) is 33.9 Å². The molecule has 0 bridgehead atoms. The number of rotatable bonds is 38. The van der Waals surface area contributed by atoms with E-state index in [0.29, 0.717) is 30.3 Å². The van der Waals surface area contributed by atoms with E-state index in [0.717, 1.165) is 70.6 Å². The summed E-state index contributed by atoms with van der Waals surface area (Å²) in [6.45, 7) is 3.83. The Balaban J connectivity index is 4.62. The Kier molecular flexibility index (Phi) is 37.0. The van der Waals surface area contributed by atoms with Crippen molar-refractivity contribution in [2.24, 2.45) is 0 Å². The first-order valence-corrected chi connectivity index (χ1v) is 23.5. The van der Waals surface area contributed by atoms with Gasteiger partial charge in [-0.25, -0.2) is 0 Å². The van der Waals surface area contributed by atoms with Crippen LogP contribution in [0.1, 0.15) is 136 Å². The highest BCUT2D eigenvalue weighted by molar-refractivity contribution is 7.45. The third kappa shape index (κ3) is 42.8. The summed E-state index contributed by atoms with van der Waals surface area (Å²) < 4.78 is 33.7. The Bertz CT molecular complexity index is 1340. The van der Waals surface area contributed by atoms with Crippen LogP contribution in [0.3, 0.4) is 0 Å². The normalized spacial score (nSPS) is 15.0. The molecule has 0 saturated carbocycles. The minimum atomic E-state index is -4.68. The van der Waals surface area contributed by atoms with Crippen molar-refractivity contribution in [1.29, 1.82) is 0 Å². The molecule has 0 heterocycles. The number of phosphoric ester groups is 1. The molecule has 0 aromatic carbocycles. The number of likely N-dealkylation sites (N-methyl/N-ethyl adjacent to an activating group) is 1. The van der Waals surface area contributed by atoms with Crippen LogP contribution in [0.4, 0.5) is 0 Å². The fourth-order valence-corrected chi connectivity index (χ4v) is 5.93. The van der Waals surface area contributed by atoms with Gasteiger partial charge in [0.25, 0.3) is 7.82 Å². The van der Waals surface area contributed by atoms with E-state index in [1.54, 1.807) is 18.2 Å². The zero-order valence-corrected chi connectivity index (χ0v) is 38.2. The number of unbranched alkanes of at least 4 members (excludes halogenated alkanes) is 8. The van der Waals surface area contributed by atoms with Gasteiger partial charge in [0.1, 0.15) is 19.8 Å². The Morgan fingerprint density at radius 3 is 1.86 bits per heavy atom. The standard InChI is InChI=1S/C48H80NO9P/c1-6-8-10-12-14-16-18-20-21-23-25-27-29-31-35-40-48(52)58-46(44-57-59(53,54)56-42-41-49(3,4)5)43-55-47(51)39-36-32-34-38-45(50)37-33-30-28-26-24-22-19-17-15-13-11-9-7-2/h9,11,14-17,20-22,24,28,30,32-34,37,45-46,50H,6-8,10,12-13,18-19,23,25-27,29,31,35-36,38-44H2,1-5H3/b11-9-,16-14-,17-15-,21-20-,24-22-,30-28-,34-32-,37-33-/t45?,46-/m1/s1. The van der Waals surface area contributed by atoms with Crippen molar-refractivity contribution in [3.8, 4) is 0 Å². The SMILES string of the molecule is CC/C=C\C/C=C\C/C=C\C/C=C\C=C/C(O)C/C=C\CCC(=O)OC[C@H](COP(=O)([O-])OCC[N+](C)(C)C)OC(=O)CCCCCCC/C=C\C/C=C\CCCCC. The highest BCUT2D eigenvalue weighted by Gasteiger charge is 2.21. The first-order valence-electron chi connectivity index (χ1n) is 22.1. The number of allylic oxidation sites excluding steroid dienone is 14. The van der Waals surface area contributed by atoms with Gasteiger partial charge in [0.2, 0.25) is 0 Å². The first kappa shape index (κ1) is 55.9. The summed E-state index contributed by atoms with van der Waals surface area (Å²) in [5.41, 5.74) is 0. The molecule has 3 atom stereocenters. The molecule has 336 valence electrons. The summed E-state index contributed by atoms with van der Waals surface area (Å²) in [5.74, 6) is -1.04. The molecule has 2 unspecified atom stereocenters. The van der Waals surface area contributed by atoms with Gasteiger partial charge in [-0.3, -0.25) is 14.2 Å². The second-order valence-electron chi connectivity index (χ2n) is 15.5. The number of carbonyl (C=O) groups is 2. The van der Waals surface area contributed by atoms with Crippen molar-refractivity contribution in [3.63, 3.8) is 0 Å². The van der Waals surface area contributed by atoms with E-state index in [4.69, 9.17) is 18.5 Å². The van der Waals surface area contributed by atoms with Crippen molar-refractivity contribution in [2.75, 3.05) is 47.5 Å². The molecule has 0 aromatic rings. The third-order valence-electron chi connectivity index (χ3n) is 8.68. The van der Waals surface area contributed by atoms with E-state index in [1.165, 1.54) is 19.3 Å². The molecule has 0 amide bonds. The van der Waals surface area contributed by atoms with Gasteiger partial charge in [-0.05, 0) is 77.0 Å². The fraction of sp³-hybridized carbons (Fsp3) is 0.625. The van der Waals surface area contributed by atoms with Gasteiger partial charge in [0, 0.05) is 12.8 Å². The van der Waals surface area contributed by atoms with E-state index in [1.807, 2.05) is 39.4 Å². The topological polar surface area (TPSA) is 131 Å². The van der Waals surface area contributed by atoms with Crippen LogP contribution in [0.25, 0.3) is 0 Å². The number of ether oxygens (including phenoxy) is 2. The average Bonchev–Trinajstić information content (AvgIpc) is 3.18. The van der Waals surface area contributed by atoms with Crippen molar-refractivity contribution in [2.45, 2.75) is 148 Å². The van der Waals surface area contributed by atoms with E-state index < -0.39 is 38.6 Å². The molecular weight excluding hydrogens is 765 g/mol. The lowest BCUT2D eigenvalue weighted by atomic mass is 10.1. The fourth-order valence-electron chi connectivity index (χ4n) is 5.20. The molecule has 0 fully saturated rings. The summed E-state index contributed by atoms with van der Waals surface area (Å²) in [6.07, 6.45) is 47.5. The summed E-state index contributed by atoms with van der Waals surface area (Å²) in [4.78, 5) is 37.5. The van der Waals surface area contributed by atoms with Crippen molar-refractivity contribution in [3.05, 3.63) is 97.2 Å². The molecule has 10 nitrogen and oxygen atoms in total. The number of hydrogen-bond donors (Lipinski definition) is 1. The Labute approximate surface area is 358 Å². The predicted octanol–water partition coefficient (Wildman–Crippen LogP) is 10.9. The van der Waals surface area contributed by atoms with Gasteiger partial charge in [-0.15, -0.1) is 0 Å². The van der Waals surface area contributed by atoms with Crippen molar-refractivity contribution < 1.29 is 47.2 Å². The van der Waals surface area contributed by atoms with Crippen molar-refractivity contribution in [1.82, 2.24) is 0 Å². The van der Waals surface area contributed by atoms with Gasteiger partial charge in [-0.2, -0.15) is 0 Å². The van der Waals surface area contributed by atoms with Crippen LogP contribution < -0.4 is 4.89 Å². The molecule has 1 N–H and O–H groups in total. The zero-order valence-electron chi connectivity index (χ0n) is 37.3. The van der Waals surface area contributed by atoms with Crippen LogP contribution in [-0.2, 0) is 32.7 Å². The number of esters is 2. The molecular formula is C48H80NO9P. The predicted molar refractivity (Wildman–Crippen MR) is 241 cm³/mol. The maximum absolute atomic E-state index is 12.7. The Morgan fingerprint density at radius 1 is 0.644 bits per heavy atom. The van der Waals surface area contributed by atoms with Crippen LogP contribution in [0.15, 0.2) is 97.2 Å². The number of carbonyl (C=O) groups excluding carboxylic acids is 2. The molecule has 0 aliphatic rings. The molecule has 0 radical (unpaired) electrons. The third-order valence-corrected chi connectivity index (χ3v) is 9.65. The molecule has 11 heteroatoms. The van der Waals surface area contributed by atoms with Gasteiger partial charge < -0.3 is 33.0 Å². The summed E-state index contributed by atoms with van der Waals surface area (Å²) in [5, 5.41) is 10.2. The number of phosphoric acid groups is 1. The van der Waals surface area contributed by atoms with Crippen molar-refractivity contribution >= 4 is 19.8 Å². The van der Waals surface area contributed by atoms with E-state index in [2.05, 4.69) is 74.6 Å². The molecule has 59 heavy (non-hydrogen) atoms. The molecule has 0 aromatic heterocycles. The van der Waals surface area contributed by atoms with Crippen LogP contribution in [0.2, 0.25) is 0 Å². The summed E-state index contributed by atoms with van der Waals surface area (Å²) in [6, 6.07) is 0. The summed E-state index contributed by atoms with van der Waals surface area (Å²) >= 11 is 0. The van der Waals surface area contributed by atoms with Crippen LogP contribution in [0, 0.1) is 0 Å². The van der Waals surface area contributed by atoms with E-state index >= 15 is 0 Å². The number of quaternary nitrogens is 1. The van der Waals surface area contributed by atoms with Crippen LogP contribution in [0.5, 0.6) is 0 Å². The molecule has 0 aliphatic carbocycles. The maximum Gasteiger partial charge on any atom is 0.306 e. The zero-order chi connectivity index (χ0) is 43.7. The molecule has 0 aliphatic heterocycles. The van der Waals surface area contributed by atoms with Gasteiger partial charge in [-0.1, -0.05) is 143 Å². The second kappa shape index (κ2) is 39.1. The first-order chi connectivity index (χ1) is 28.4. The number of aliphatic hydroxyl groups is 1. The van der Waals surface area contributed by atoms with E-state index in [-0.39, 0.29) is 26.1 Å². The van der Waals surface area contributed by atoms with E-state index in [9.17, 15) is 24.2 Å². The van der Waals surface area contributed by atoms with Crippen LogP contribution >= 0.6 is 7.82 Å². The molecule has 0 rings (SSSR count). The monoisotopic (exact) mass is 846 g/mol. The lowest BCUT2D eigenvalue weighted by Gasteiger charge is -2.28. The summed E-state index contributed by atoms with van der Waals surface area (Å²) in [7, 11) is 1.04. The minimum Gasteiger partial charge on any atom is -0.756 e. The lowest BCUT2D eigenvalue weighted by molar-refractivity contribution is -0.870. The smallest absolute Gasteiger partial charge is 0.306 e. The molecule has 0 saturated heterocycles. The average molecular weight is 846 g/mol. The highest BCUT2D eigenvalue weighted by Crippen LogP contribution is 2.38. The Hall–Kier alpha value is -3.11. The van der Waals surface area contributed by atoms with Crippen LogP contribution in [-0.4, -0.2) is 81.2 Å². The number of hydrogen-bond acceptors (Lipinski definition) is 9. The minimum absolute atomic E-state index is 0.0616. The van der Waals surface area contributed by atoms with Gasteiger partial charge in [0.15, 0.2) is 6.10 Å². The number of nitrogens with zero attached hydrogens (tertiary/aromatic N) is 1.